The first kappa shape index (κ1) is 11.1. The zero-order valence-corrected chi connectivity index (χ0v) is 9.74. The van der Waals surface area contributed by atoms with Crippen LogP contribution in [0, 0.1) is 0 Å². The topological polar surface area (TPSA) is 32.7 Å². The molecular weight excluding hydrogens is 210 g/mol. The molecular formula is C11H17NO2S. The average Bonchev–Trinajstić information content (AvgIpc) is 2.69. The SMILES string of the molecule is CC1CN(Cc2cccs2)CC(CO)O1. The summed E-state index contributed by atoms with van der Waals surface area (Å²) in [5.41, 5.74) is 0. The minimum Gasteiger partial charge on any atom is -0.394 e. The van der Waals surface area contributed by atoms with Crippen LogP contribution in [-0.2, 0) is 11.3 Å². The molecule has 0 saturated carbocycles. The first-order valence-electron chi connectivity index (χ1n) is 5.29. The maximum Gasteiger partial charge on any atom is 0.0936 e. The van der Waals surface area contributed by atoms with Crippen LogP contribution in [0.2, 0.25) is 0 Å². The van der Waals surface area contributed by atoms with Crippen molar-refractivity contribution in [3.63, 3.8) is 0 Å². The van der Waals surface area contributed by atoms with Crippen molar-refractivity contribution in [1.29, 1.82) is 0 Å². The van der Waals surface area contributed by atoms with Crippen molar-refractivity contribution >= 4 is 11.3 Å². The number of rotatable bonds is 3. The lowest BCUT2D eigenvalue weighted by molar-refractivity contribution is -0.0970. The van der Waals surface area contributed by atoms with E-state index in [1.54, 1.807) is 11.3 Å². The van der Waals surface area contributed by atoms with E-state index in [0.717, 1.165) is 19.6 Å². The molecule has 0 spiro atoms. The van der Waals surface area contributed by atoms with E-state index in [2.05, 4.69) is 29.3 Å². The van der Waals surface area contributed by atoms with Crippen LogP contribution in [0.3, 0.4) is 0 Å². The lowest BCUT2D eigenvalue weighted by Gasteiger charge is -2.35. The highest BCUT2D eigenvalue weighted by atomic mass is 32.1. The zero-order chi connectivity index (χ0) is 10.7. The first-order valence-corrected chi connectivity index (χ1v) is 6.17. The number of hydrogen-bond acceptors (Lipinski definition) is 4. The Morgan fingerprint density at radius 1 is 1.60 bits per heavy atom. The molecule has 1 aromatic rings. The molecule has 1 aliphatic rings. The van der Waals surface area contributed by atoms with E-state index >= 15 is 0 Å². The van der Waals surface area contributed by atoms with E-state index in [9.17, 15) is 0 Å². The van der Waals surface area contributed by atoms with Crippen molar-refractivity contribution < 1.29 is 9.84 Å². The molecule has 0 aliphatic carbocycles. The van der Waals surface area contributed by atoms with Gasteiger partial charge in [-0.25, -0.2) is 0 Å². The van der Waals surface area contributed by atoms with E-state index in [4.69, 9.17) is 9.84 Å². The molecule has 2 atom stereocenters. The molecule has 1 N–H and O–H groups in total. The summed E-state index contributed by atoms with van der Waals surface area (Å²) in [5.74, 6) is 0. The largest absolute Gasteiger partial charge is 0.394 e. The highest BCUT2D eigenvalue weighted by molar-refractivity contribution is 7.09. The van der Waals surface area contributed by atoms with Gasteiger partial charge in [0, 0.05) is 24.5 Å². The number of morpholine rings is 1. The van der Waals surface area contributed by atoms with E-state index in [-0.39, 0.29) is 18.8 Å². The van der Waals surface area contributed by atoms with Gasteiger partial charge in [0.1, 0.15) is 0 Å². The van der Waals surface area contributed by atoms with Gasteiger partial charge in [-0.15, -0.1) is 11.3 Å². The minimum atomic E-state index is -0.0197. The molecule has 2 unspecified atom stereocenters. The van der Waals surface area contributed by atoms with Crippen molar-refractivity contribution in [2.45, 2.75) is 25.7 Å². The smallest absolute Gasteiger partial charge is 0.0936 e. The number of aliphatic hydroxyl groups excluding tert-OH is 1. The summed E-state index contributed by atoms with van der Waals surface area (Å²) in [6, 6.07) is 4.23. The summed E-state index contributed by atoms with van der Waals surface area (Å²) in [4.78, 5) is 3.72. The fourth-order valence-corrected chi connectivity index (χ4v) is 2.74. The molecule has 1 aliphatic heterocycles. The van der Waals surface area contributed by atoms with E-state index < -0.39 is 0 Å². The van der Waals surface area contributed by atoms with Crippen LogP contribution in [0.4, 0.5) is 0 Å². The molecule has 1 fully saturated rings. The van der Waals surface area contributed by atoms with Crippen LogP contribution in [0.5, 0.6) is 0 Å². The Morgan fingerprint density at radius 2 is 2.47 bits per heavy atom. The molecule has 1 aromatic heterocycles. The van der Waals surface area contributed by atoms with Crippen molar-refractivity contribution in [3.05, 3.63) is 22.4 Å². The lowest BCUT2D eigenvalue weighted by atomic mass is 10.2. The van der Waals surface area contributed by atoms with Gasteiger partial charge in [0.05, 0.1) is 18.8 Å². The molecule has 0 bridgehead atoms. The molecule has 0 amide bonds. The summed E-state index contributed by atoms with van der Waals surface area (Å²) in [7, 11) is 0. The third-order valence-electron chi connectivity index (χ3n) is 2.57. The standard InChI is InChI=1S/C11H17NO2S/c1-9-5-12(6-10(8-13)14-9)7-11-3-2-4-15-11/h2-4,9-10,13H,5-8H2,1H3. The predicted molar refractivity (Wildman–Crippen MR) is 61.0 cm³/mol. The van der Waals surface area contributed by atoms with Gasteiger partial charge in [0.15, 0.2) is 0 Å². The molecule has 1 saturated heterocycles. The lowest BCUT2D eigenvalue weighted by Crippen LogP contribution is -2.47. The van der Waals surface area contributed by atoms with Gasteiger partial charge in [-0.3, -0.25) is 4.90 Å². The molecule has 2 rings (SSSR count). The molecule has 15 heavy (non-hydrogen) atoms. The van der Waals surface area contributed by atoms with Gasteiger partial charge in [0.25, 0.3) is 0 Å². The average molecular weight is 227 g/mol. The predicted octanol–water partition coefficient (Wildman–Crippen LogP) is 1.33. The van der Waals surface area contributed by atoms with Gasteiger partial charge >= 0.3 is 0 Å². The Balaban J connectivity index is 1.91. The maximum atomic E-state index is 9.10. The Hall–Kier alpha value is -0.420. The molecule has 4 heteroatoms. The number of thiophene rings is 1. The van der Waals surface area contributed by atoms with Gasteiger partial charge in [0.2, 0.25) is 0 Å². The number of ether oxygens (including phenoxy) is 1. The van der Waals surface area contributed by atoms with Crippen LogP contribution in [0.25, 0.3) is 0 Å². The van der Waals surface area contributed by atoms with Crippen LogP contribution in [0.1, 0.15) is 11.8 Å². The molecule has 0 radical (unpaired) electrons. The van der Waals surface area contributed by atoms with E-state index in [1.807, 2.05) is 0 Å². The maximum absolute atomic E-state index is 9.10. The minimum absolute atomic E-state index is 0.0197. The molecule has 0 aromatic carbocycles. The van der Waals surface area contributed by atoms with Crippen LogP contribution < -0.4 is 0 Å². The Morgan fingerprint density at radius 3 is 3.13 bits per heavy atom. The Bertz CT molecular complexity index is 289. The second-order valence-corrected chi connectivity index (χ2v) is 5.06. The van der Waals surface area contributed by atoms with Crippen molar-refractivity contribution in [2.24, 2.45) is 0 Å². The second-order valence-electron chi connectivity index (χ2n) is 4.02. The van der Waals surface area contributed by atoms with E-state index in [0.29, 0.717) is 0 Å². The number of hydrogen-bond donors (Lipinski definition) is 1. The zero-order valence-electron chi connectivity index (χ0n) is 8.93. The third kappa shape index (κ3) is 3.01. The highest BCUT2D eigenvalue weighted by Gasteiger charge is 2.24. The van der Waals surface area contributed by atoms with Gasteiger partial charge in [-0.05, 0) is 18.4 Å². The molecule has 3 nitrogen and oxygen atoms in total. The first-order chi connectivity index (χ1) is 7.28. The molecule has 84 valence electrons. The summed E-state index contributed by atoms with van der Waals surface area (Å²) < 4.78 is 5.60. The van der Waals surface area contributed by atoms with Gasteiger partial charge < -0.3 is 9.84 Å². The van der Waals surface area contributed by atoms with Crippen LogP contribution >= 0.6 is 11.3 Å². The summed E-state index contributed by atoms with van der Waals surface area (Å²) >= 11 is 1.78. The summed E-state index contributed by atoms with van der Waals surface area (Å²) in [6.07, 6.45) is 0.199. The monoisotopic (exact) mass is 227 g/mol. The van der Waals surface area contributed by atoms with Gasteiger partial charge in [-0.1, -0.05) is 6.07 Å². The van der Waals surface area contributed by atoms with Crippen molar-refractivity contribution in [1.82, 2.24) is 4.90 Å². The second kappa shape index (κ2) is 5.07. The number of nitrogens with zero attached hydrogens (tertiary/aromatic N) is 1. The van der Waals surface area contributed by atoms with Gasteiger partial charge in [-0.2, -0.15) is 0 Å². The van der Waals surface area contributed by atoms with Crippen LogP contribution in [-0.4, -0.2) is 41.9 Å². The fraction of sp³-hybridized carbons (Fsp3) is 0.636. The van der Waals surface area contributed by atoms with Crippen LogP contribution in [0.15, 0.2) is 17.5 Å². The fourth-order valence-electron chi connectivity index (χ4n) is 1.99. The van der Waals surface area contributed by atoms with E-state index in [1.165, 1.54) is 4.88 Å². The molecule has 2 heterocycles. The highest BCUT2D eigenvalue weighted by Crippen LogP contribution is 2.16. The Kier molecular flexibility index (Phi) is 3.75. The summed E-state index contributed by atoms with van der Waals surface area (Å²) in [6.45, 7) is 4.93. The quantitative estimate of drug-likeness (QED) is 0.845. The third-order valence-corrected chi connectivity index (χ3v) is 3.43. The summed E-state index contributed by atoms with van der Waals surface area (Å²) in [5, 5.41) is 11.2. The van der Waals surface area contributed by atoms with Crippen molar-refractivity contribution in [3.8, 4) is 0 Å². The Labute approximate surface area is 94.3 Å². The number of aliphatic hydroxyl groups is 1. The normalized spacial score (nSPS) is 28.1. The van der Waals surface area contributed by atoms with Crippen molar-refractivity contribution in [2.75, 3.05) is 19.7 Å².